The molecule has 0 N–H and O–H groups in total. The molecule has 0 aliphatic carbocycles. The fraction of sp³-hybridized carbons (Fsp3) is 0.679. The molecule has 0 aliphatic heterocycles. The van der Waals surface area contributed by atoms with Gasteiger partial charge in [0.2, 0.25) is 0 Å². The van der Waals surface area contributed by atoms with Crippen LogP contribution in [0.2, 0.25) is 0 Å². The van der Waals surface area contributed by atoms with Crippen molar-refractivity contribution in [2.24, 2.45) is 5.92 Å². The minimum absolute atomic E-state index is 0.00874. The van der Waals surface area contributed by atoms with E-state index in [1.54, 1.807) is 0 Å². The molecule has 1 aromatic rings. The van der Waals surface area contributed by atoms with E-state index in [-0.39, 0.29) is 16.6 Å². The van der Waals surface area contributed by atoms with E-state index in [0.717, 1.165) is 18.4 Å². The topological polar surface area (TPSA) is 26.3 Å². The first-order chi connectivity index (χ1) is 13.6. The second-order valence-corrected chi connectivity index (χ2v) is 11.3. The maximum atomic E-state index is 13.2. The van der Waals surface area contributed by atoms with Gasteiger partial charge in [-0.05, 0) is 92.5 Å². The predicted octanol–water partition coefficient (Wildman–Crippen LogP) is 7.95. The molecule has 0 spiro atoms. The minimum Gasteiger partial charge on any atom is -0.370 e. The number of benzene rings is 1. The van der Waals surface area contributed by atoms with Crippen LogP contribution in [-0.2, 0) is 15.6 Å². The number of allylic oxidation sites excluding steroid dienone is 2. The summed E-state index contributed by atoms with van der Waals surface area (Å²) >= 11 is 0. The van der Waals surface area contributed by atoms with Crippen molar-refractivity contribution in [2.45, 2.75) is 112 Å². The lowest BCUT2D eigenvalue weighted by atomic mass is 9.75. The van der Waals surface area contributed by atoms with E-state index in [0.29, 0.717) is 12.5 Å². The second kappa shape index (κ2) is 10.8. The van der Waals surface area contributed by atoms with Crippen molar-refractivity contribution in [1.82, 2.24) is 0 Å². The van der Waals surface area contributed by atoms with Gasteiger partial charge in [0.05, 0.1) is 0 Å². The summed E-state index contributed by atoms with van der Waals surface area (Å²) in [6.07, 6.45) is 5.15. The number of ketones is 1. The van der Waals surface area contributed by atoms with Crippen LogP contribution in [0.1, 0.15) is 116 Å². The molecule has 2 heteroatoms. The highest BCUT2D eigenvalue weighted by Gasteiger charge is 2.27. The Balaban J connectivity index is 2.90. The van der Waals surface area contributed by atoms with E-state index in [4.69, 9.17) is 4.74 Å². The van der Waals surface area contributed by atoms with Crippen LogP contribution in [0.3, 0.4) is 0 Å². The zero-order valence-corrected chi connectivity index (χ0v) is 21.5. The van der Waals surface area contributed by atoms with Crippen LogP contribution in [0, 0.1) is 12.8 Å². The Morgan fingerprint density at radius 2 is 1.47 bits per heavy atom. The van der Waals surface area contributed by atoms with Gasteiger partial charge in [-0.3, -0.25) is 4.79 Å². The Bertz CT molecular complexity index is 702. The van der Waals surface area contributed by atoms with Gasteiger partial charge in [-0.15, -0.1) is 0 Å². The van der Waals surface area contributed by atoms with E-state index in [9.17, 15) is 4.79 Å². The van der Waals surface area contributed by atoms with Gasteiger partial charge in [-0.25, -0.2) is 0 Å². The molecule has 0 heterocycles. The molecule has 1 rings (SSSR count). The lowest BCUT2D eigenvalue weighted by molar-refractivity contribution is 0.0435. The molecule has 0 saturated carbocycles. The van der Waals surface area contributed by atoms with E-state index < -0.39 is 6.10 Å². The Labute approximate surface area is 186 Å². The normalized spacial score (nSPS) is 14.4. The van der Waals surface area contributed by atoms with Gasteiger partial charge in [0.15, 0.2) is 5.78 Å². The van der Waals surface area contributed by atoms with E-state index in [1.165, 1.54) is 28.7 Å². The monoisotopic (exact) mass is 414 g/mol. The molecule has 1 unspecified atom stereocenters. The lowest BCUT2D eigenvalue weighted by Gasteiger charge is -2.30. The van der Waals surface area contributed by atoms with Crippen molar-refractivity contribution in [3.05, 3.63) is 46.0 Å². The van der Waals surface area contributed by atoms with Crippen molar-refractivity contribution in [3.8, 4) is 0 Å². The number of ether oxygens (including phenoxy) is 1. The first kappa shape index (κ1) is 26.6. The predicted molar refractivity (Wildman–Crippen MR) is 131 cm³/mol. The summed E-state index contributed by atoms with van der Waals surface area (Å²) in [4.78, 5) is 13.2. The summed E-state index contributed by atoms with van der Waals surface area (Å²) in [5, 5.41) is 0. The summed E-state index contributed by atoms with van der Waals surface area (Å²) in [6.45, 7) is 24.5. The zero-order valence-electron chi connectivity index (χ0n) is 21.5. The van der Waals surface area contributed by atoms with Gasteiger partial charge in [0.25, 0.3) is 0 Å². The Hall–Kier alpha value is -1.41. The van der Waals surface area contributed by atoms with E-state index in [2.05, 4.69) is 87.4 Å². The van der Waals surface area contributed by atoms with E-state index >= 15 is 0 Å². The number of carbonyl (C=O) groups excluding carboxylic acids is 1. The SMILES string of the molecule is CC(C)=CCC[C@@H](C)CCOC(C)C(=O)c1cc(C(C)(C)C)c(C)c(C(C)(C)C)c1. The zero-order chi connectivity index (χ0) is 23.3. The molecule has 2 nitrogen and oxygen atoms in total. The Morgan fingerprint density at radius 1 is 0.967 bits per heavy atom. The highest BCUT2D eigenvalue weighted by atomic mass is 16.5. The van der Waals surface area contributed by atoms with Gasteiger partial charge in [-0.2, -0.15) is 0 Å². The summed E-state index contributed by atoms with van der Waals surface area (Å²) in [6, 6.07) is 4.18. The molecule has 30 heavy (non-hydrogen) atoms. The van der Waals surface area contributed by atoms with Crippen molar-refractivity contribution >= 4 is 5.78 Å². The summed E-state index contributed by atoms with van der Waals surface area (Å²) in [5.74, 6) is 0.686. The van der Waals surface area contributed by atoms with Crippen LogP contribution in [-0.4, -0.2) is 18.5 Å². The fourth-order valence-electron chi connectivity index (χ4n) is 3.97. The highest BCUT2D eigenvalue weighted by Crippen LogP contribution is 2.35. The number of Topliss-reactive ketones (excluding diaryl/α,β-unsaturated/α-hetero) is 1. The quantitative estimate of drug-likeness (QED) is 0.303. The third kappa shape index (κ3) is 8.02. The van der Waals surface area contributed by atoms with Gasteiger partial charge >= 0.3 is 0 Å². The Kier molecular flexibility index (Phi) is 9.54. The first-order valence-electron chi connectivity index (χ1n) is 11.6. The maximum Gasteiger partial charge on any atom is 0.191 e. The largest absolute Gasteiger partial charge is 0.370 e. The summed E-state index contributed by atoms with van der Waals surface area (Å²) < 4.78 is 5.97. The molecule has 0 aromatic heterocycles. The number of rotatable bonds is 9. The molecule has 0 fully saturated rings. The van der Waals surface area contributed by atoms with Crippen LogP contribution in [0.25, 0.3) is 0 Å². The molecule has 0 saturated heterocycles. The molecule has 170 valence electrons. The summed E-state index contributed by atoms with van der Waals surface area (Å²) in [5.41, 5.74) is 5.93. The van der Waals surface area contributed by atoms with Crippen LogP contribution >= 0.6 is 0 Å². The molecule has 0 radical (unpaired) electrons. The van der Waals surface area contributed by atoms with E-state index in [1.807, 2.05) is 6.92 Å². The standard InChI is InChI=1S/C28H46O2/c1-19(2)13-12-14-20(3)15-16-30-22(5)26(29)23-17-24(27(6,7)8)21(4)25(18-23)28(9,10)11/h13,17-18,20,22H,12,14-16H2,1-11H3/t20-,22?/m1/s1. The minimum atomic E-state index is -0.418. The molecule has 0 bridgehead atoms. The van der Waals surface area contributed by atoms with Gasteiger partial charge in [0.1, 0.15) is 6.10 Å². The average molecular weight is 415 g/mol. The Morgan fingerprint density at radius 3 is 1.90 bits per heavy atom. The number of carbonyl (C=O) groups is 1. The van der Waals surface area contributed by atoms with Gasteiger partial charge in [0, 0.05) is 12.2 Å². The second-order valence-electron chi connectivity index (χ2n) is 11.3. The average Bonchev–Trinajstić information content (AvgIpc) is 2.58. The first-order valence-corrected chi connectivity index (χ1v) is 11.6. The van der Waals surface area contributed by atoms with Crippen LogP contribution in [0.15, 0.2) is 23.8 Å². The fourth-order valence-corrected chi connectivity index (χ4v) is 3.97. The van der Waals surface area contributed by atoms with Crippen molar-refractivity contribution < 1.29 is 9.53 Å². The number of hydrogen-bond donors (Lipinski definition) is 0. The number of hydrogen-bond acceptors (Lipinski definition) is 2. The van der Waals surface area contributed by atoms with Crippen LogP contribution in [0.4, 0.5) is 0 Å². The third-order valence-electron chi connectivity index (χ3n) is 5.87. The smallest absolute Gasteiger partial charge is 0.191 e. The lowest BCUT2D eigenvalue weighted by Crippen LogP contribution is -2.25. The molecular weight excluding hydrogens is 368 g/mol. The molecule has 0 aliphatic rings. The van der Waals surface area contributed by atoms with Crippen molar-refractivity contribution in [1.29, 1.82) is 0 Å². The van der Waals surface area contributed by atoms with Gasteiger partial charge in [-0.1, -0.05) is 60.1 Å². The maximum absolute atomic E-state index is 13.2. The van der Waals surface area contributed by atoms with Crippen LogP contribution < -0.4 is 0 Å². The third-order valence-corrected chi connectivity index (χ3v) is 5.87. The molecule has 1 aromatic carbocycles. The van der Waals surface area contributed by atoms with Crippen molar-refractivity contribution in [2.75, 3.05) is 6.61 Å². The molecule has 0 amide bonds. The highest BCUT2D eigenvalue weighted by molar-refractivity contribution is 5.99. The summed E-state index contributed by atoms with van der Waals surface area (Å²) in [7, 11) is 0. The molecular formula is C28H46O2. The van der Waals surface area contributed by atoms with Crippen molar-refractivity contribution in [3.63, 3.8) is 0 Å². The van der Waals surface area contributed by atoms with Gasteiger partial charge < -0.3 is 4.74 Å². The molecule has 2 atom stereocenters. The van der Waals surface area contributed by atoms with Crippen LogP contribution in [0.5, 0.6) is 0 Å².